The molecule has 1 saturated carbocycles. The van der Waals surface area contributed by atoms with Crippen LogP contribution < -0.4 is 15.5 Å². The van der Waals surface area contributed by atoms with Gasteiger partial charge in [-0.15, -0.1) is 0 Å². The summed E-state index contributed by atoms with van der Waals surface area (Å²) in [7, 11) is 0. The van der Waals surface area contributed by atoms with E-state index in [1.807, 2.05) is 6.07 Å². The molecule has 35 heavy (non-hydrogen) atoms. The number of alkyl halides is 3. The molecular formula is C24H28F3N7O. The van der Waals surface area contributed by atoms with Gasteiger partial charge in [-0.1, -0.05) is 0 Å². The maximum atomic E-state index is 13.9. The van der Waals surface area contributed by atoms with Crippen molar-refractivity contribution in [2.45, 2.75) is 56.4 Å². The van der Waals surface area contributed by atoms with Crippen molar-refractivity contribution in [1.82, 2.24) is 25.3 Å². The van der Waals surface area contributed by atoms with Crippen LogP contribution in [-0.2, 0) is 10.9 Å². The number of hydrogen-bond acceptors (Lipinski definition) is 7. The molecule has 3 aromatic rings. The fourth-order valence-corrected chi connectivity index (χ4v) is 5.15. The Kier molecular flexibility index (Phi) is 5.37. The highest BCUT2D eigenvalue weighted by Crippen LogP contribution is 2.42. The van der Waals surface area contributed by atoms with Crippen molar-refractivity contribution in [1.29, 1.82) is 0 Å². The van der Waals surface area contributed by atoms with Gasteiger partial charge >= 0.3 is 6.18 Å². The molecule has 3 fully saturated rings. The largest absolute Gasteiger partial charge is 0.419 e. The second kappa shape index (κ2) is 8.34. The molecule has 1 spiro atoms. The Bertz CT molecular complexity index is 1230. The summed E-state index contributed by atoms with van der Waals surface area (Å²) >= 11 is 0. The summed E-state index contributed by atoms with van der Waals surface area (Å²) in [6.07, 6.45) is 2.22. The molecule has 186 valence electrons. The molecule has 3 N–H and O–H groups in total. The van der Waals surface area contributed by atoms with Gasteiger partial charge in [-0.05, 0) is 44.7 Å². The first-order valence-corrected chi connectivity index (χ1v) is 12.1. The molecule has 0 radical (unpaired) electrons. The molecule has 8 nitrogen and oxygen atoms in total. The Morgan fingerprint density at radius 2 is 2.06 bits per heavy atom. The second-order valence-electron chi connectivity index (χ2n) is 9.88. The third-order valence-electron chi connectivity index (χ3n) is 7.42. The number of nitrogens with zero attached hydrogens (tertiary/aromatic N) is 4. The maximum Gasteiger partial charge on any atom is 0.419 e. The van der Waals surface area contributed by atoms with Gasteiger partial charge < -0.3 is 25.3 Å². The standard InChI is InChI=1S/C24H28F3N7O/c1-14-13-35-9-8-34(14)19-3-2-16-17(11-28-21(16)32-19)20-18(24(25,26)27)12-29-22(33-20)31-15-4-5-23(6-7-23)30-10-15/h2-3,11-12,14-15,30H,4-10,13H2,1H3,(H,28,32)(H,29,31,33)/t14-,15-/m0/s1. The quantitative estimate of drug-likeness (QED) is 0.513. The summed E-state index contributed by atoms with van der Waals surface area (Å²) in [4.78, 5) is 18.2. The molecule has 0 bridgehead atoms. The number of ether oxygens (including phenoxy) is 1. The number of H-pyrrole nitrogens is 1. The van der Waals surface area contributed by atoms with Gasteiger partial charge in [0.2, 0.25) is 5.95 Å². The number of aromatic amines is 1. The van der Waals surface area contributed by atoms with Crippen molar-refractivity contribution in [3.8, 4) is 11.3 Å². The molecule has 5 heterocycles. The lowest BCUT2D eigenvalue weighted by molar-refractivity contribution is -0.137. The lowest BCUT2D eigenvalue weighted by Crippen LogP contribution is -2.46. The van der Waals surface area contributed by atoms with Gasteiger partial charge in [0.15, 0.2) is 0 Å². The van der Waals surface area contributed by atoms with Gasteiger partial charge in [-0.25, -0.2) is 15.0 Å². The van der Waals surface area contributed by atoms with Crippen LogP contribution in [0.2, 0.25) is 0 Å². The van der Waals surface area contributed by atoms with Crippen molar-refractivity contribution in [2.75, 3.05) is 36.5 Å². The van der Waals surface area contributed by atoms with Crippen LogP contribution in [0.25, 0.3) is 22.3 Å². The molecule has 11 heteroatoms. The Labute approximate surface area is 200 Å². The summed E-state index contributed by atoms with van der Waals surface area (Å²) in [6.45, 7) is 4.74. The smallest absolute Gasteiger partial charge is 0.377 e. The SMILES string of the molecule is C[C@H]1COCCN1c1ccc2c(-c3nc(N[C@H]4CCC5(CC5)NC4)ncc3C(F)(F)F)c[nH]c2n1. The summed E-state index contributed by atoms with van der Waals surface area (Å²) in [5.74, 6) is 0.966. The van der Waals surface area contributed by atoms with Gasteiger partial charge in [-0.3, -0.25) is 0 Å². The highest BCUT2D eigenvalue weighted by atomic mass is 19.4. The predicted octanol–water partition coefficient (Wildman–Crippen LogP) is 3.96. The molecule has 3 aliphatic rings. The first-order chi connectivity index (χ1) is 16.8. The predicted molar refractivity (Wildman–Crippen MR) is 126 cm³/mol. The lowest BCUT2D eigenvalue weighted by atomic mass is 9.99. The Morgan fingerprint density at radius 3 is 2.77 bits per heavy atom. The van der Waals surface area contributed by atoms with Crippen LogP contribution in [0.4, 0.5) is 24.9 Å². The minimum atomic E-state index is -4.58. The molecule has 0 aromatic carbocycles. The van der Waals surface area contributed by atoms with Crippen molar-refractivity contribution in [3.05, 3.63) is 30.1 Å². The minimum Gasteiger partial charge on any atom is -0.377 e. The average molecular weight is 488 g/mol. The molecule has 6 rings (SSSR count). The van der Waals surface area contributed by atoms with E-state index in [0.717, 1.165) is 31.4 Å². The van der Waals surface area contributed by atoms with Crippen LogP contribution in [0.1, 0.15) is 38.2 Å². The lowest BCUT2D eigenvalue weighted by Gasteiger charge is -2.34. The molecule has 2 atom stereocenters. The minimum absolute atomic E-state index is 0.0773. The van der Waals surface area contributed by atoms with Crippen LogP contribution in [-0.4, -0.2) is 63.9 Å². The highest BCUT2D eigenvalue weighted by Gasteiger charge is 2.45. The zero-order chi connectivity index (χ0) is 24.2. The van der Waals surface area contributed by atoms with Gasteiger partial charge in [0.1, 0.15) is 17.0 Å². The van der Waals surface area contributed by atoms with Crippen molar-refractivity contribution in [2.24, 2.45) is 0 Å². The third-order valence-corrected chi connectivity index (χ3v) is 7.42. The second-order valence-corrected chi connectivity index (χ2v) is 9.88. The summed E-state index contributed by atoms with van der Waals surface area (Å²) < 4.78 is 47.3. The summed E-state index contributed by atoms with van der Waals surface area (Å²) in [6, 6.07) is 3.89. The number of halogens is 3. The van der Waals surface area contributed by atoms with Crippen molar-refractivity contribution in [3.63, 3.8) is 0 Å². The number of pyridine rings is 1. The fourth-order valence-electron chi connectivity index (χ4n) is 5.15. The van der Waals surface area contributed by atoms with E-state index in [0.29, 0.717) is 41.9 Å². The average Bonchev–Trinajstić information content (AvgIpc) is 3.46. The van der Waals surface area contributed by atoms with E-state index in [1.165, 1.54) is 12.8 Å². The zero-order valence-corrected chi connectivity index (χ0v) is 19.5. The van der Waals surface area contributed by atoms with E-state index in [1.54, 1.807) is 12.3 Å². The molecule has 0 unspecified atom stereocenters. The fraction of sp³-hybridized carbons (Fsp3) is 0.542. The van der Waals surface area contributed by atoms with Crippen LogP contribution >= 0.6 is 0 Å². The van der Waals surface area contributed by atoms with E-state index in [2.05, 4.69) is 42.4 Å². The van der Waals surface area contributed by atoms with Crippen LogP contribution in [0, 0.1) is 0 Å². The molecule has 3 aromatic heterocycles. The van der Waals surface area contributed by atoms with E-state index in [-0.39, 0.29) is 23.7 Å². The van der Waals surface area contributed by atoms with Gasteiger partial charge in [-0.2, -0.15) is 13.2 Å². The Morgan fingerprint density at radius 1 is 1.20 bits per heavy atom. The normalized spacial score (nSPS) is 24.2. The molecule has 2 aliphatic heterocycles. The molecular weight excluding hydrogens is 459 g/mol. The van der Waals surface area contributed by atoms with E-state index in [4.69, 9.17) is 4.74 Å². The molecule has 2 saturated heterocycles. The third kappa shape index (κ3) is 4.31. The number of rotatable bonds is 4. The van der Waals surface area contributed by atoms with Gasteiger partial charge in [0.05, 0.1) is 24.9 Å². The number of hydrogen-bond donors (Lipinski definition) is 3. The number of anilines is 2. The first kappa shape index (κ1) is 22.5. The molecule has 1 aliphatic carbocycles. The number of morpholine rings is 1. The number of piperidine rings is 1. The number of fused-ring (bicyclic) bond motifs is 1. The van der Waals surface area contributed by atoms with Crippen molar-refractivity contribution >= 4 is 22.8 Å². The molecule has 0 amide bonds. The maximum absolute atomic E-state index is 13.9. The van der Waals surface area contributed by atoms with E-state index >= 15 is 0 Å². The Balaban J connectivity index is 1.32. The van der Waals surface area contributed by atoms with Gasteiger partial charge in [0, 0.05) is 48.0 Å². The Hall–Kier alpha value is -2.92. The van der Waals surface area contributed by atoms with E-state index < -0.39 is 11.7 Å². The van der Waals surface area contributed by atoms with Crippen LogP contribution in [0.15, 0.2) is 24.5 Å². The highest BCUT2D eigenvalue weighted by molar-refractivity contribution is 5.94. The zero-order valence-electron chi connectivity index (χ0n) is 19.5. The first-order valence-electron chi connectivity index (χ1n) is 12.1. The number of nitrogens with one attached hydrogen (secondary N) is 3. The van der Waals surface area contributed by atoms with Crippen molar-refractivity contribution < 1.29 is 17.9 Å². The number of aromatic nitrogens is 4. The summed E-state index contributed by atoms with van der Waals surface area (Å²) in [5.41, 5.74) is 0.139. The topological polar surface area (TPSA) is 91.0 Å². The van der Waals surface area contributed by atoms with Crippen LogP contribution in [0.3, 0.4) is 0 Å². The summed E-state index contributed by atoms with van der Waals surface area (Å²) in [5, 5.41) is 7.37. The van der Waals surface area contributed by atoms with Crippen LogP contribution in [0.5, 0.6) is 0 Å². The monoisotopic (exact) mass is 487 g/mol. The van der Waals surface area contributed by atoms with E-state index in [9.17, 15) is 13.2 Å². The van der Waals surface area contributed by atoms with Gasteiger partial charge in [0.25, 0.3) is 0 Å².